The normalized spacial score (nSPS) is 11.5. The molecule has 0 fully saturated rings. The summed E-state index contributed by atoms with van der Waals surface area (Å²) in [6.07, 6.45) is 0. The fourth-order valence-corrected chi connectivity index (χ4v) is 4.17. The van der Waals surface area contributed by atoms with E-state index in [0.717, 1.165) is 15.6 Å². The van der Waals surface area contributed by atoms with Gasteiger partial charge in [0.05, 0.1) is 33.7 Å². The molecule has 1 N–H and O–H groups in total. The Labute approximate surface area is 184 Å². The number of carbonyl (C=O) groups excluding carboxylic acids is 1. The molecule has 0 saturated carbocycles. The van der Waals surface area contributed by atoms with E-state index in [9.17, 15) is 4.79 Å². The number of hydrogen-bond acceptors (Lipinski definition) is 6. The Bertz CT molecular complexity index is 846. The average molecular weight is 484 g/mol. The van der Waals surface area contributed by atoms with Crippen molar-refractivity contribution in [1.29, 1.82) is 0 Å². The summed E-state index contributed by atoms with van der Waals surface area (Å²) in [7, 11) is 6.39. The van der Waals surface area contributed by atoms with Crippen LogP contribution in [0.25, 0.3) is 0 Å². The molecule has 0 aliphatic rings. The number of hydrogen-bond donors (Lipinski definition) is 1. The largest absolute Gasteiger partial charge is 0.493 e. The number of rotatable bonds is 10. The second kappa shape index (κ2) is 11.2. The van der Waals surface area contributed by atoms with E-state index in [0.29, 0.717) is 35.3 Å². The molecule has 2 rings (SSSR count). The molecule has 1 atom stereocenters. The molecule has 0 aliphatic carbocycles. The van der Waals surface area contributed by atoms with Crippen LogP contribution in [0.15, 0.2) is 34.8 Å². The Morgan fingerprint density at radius 1 is 0.966 bits per heavy atom. The van der Waals surface area contributed by atoms with Gasteiger partial charge >= 0.3 is 0 Å². The zero-order valence-corrected chi connectivity index (χ0v) is 19.6. The van der Waals surface area contributed by atoms with Gasteiger partial charge in [-0.3, -0.25) is 4.79 Å². The summed E-state index contributed by atoms with van der Waals surface area (Å²) in [5.74, 6) is 3.25. The second-order valence-electron chi connectivity index (χ2n) is 6.16. The Morgan fingerprint density at radius 3 is 2.17 bits per heavy atom. The summed E-state index contributed by atoms with van der Waals surface area (Å²) < 4.78 is 22.1. The van der Waals surface area contributed by atoms with E-state index >= 15 is 0 Å². The van der Waals surface area contributed by atoms with Crippen molar-refractivity contribution in [1.82, 2.24) is 5.32 Å². The summed E-state index contributed by atoms with van der Waals surface area (Å²) in [6.45, 7) is 2.31. The Balaban J connectivity index is 1.93. The molecule has 2 aromatic carbocycles. The lowest BCUT2D eigenvalue weighted by molar-refractivity contribution is -0.120. The molecule has 8 heteroatoms. The van der Waals surface area contributed by atoms with E-state index in [1.165, 1.54) is 0 Å². The van der Waals surface area contributed by atoms with Gasteiger partial charge in [0.15, 0.2) is 23.0 Å². The third-order valence-corrected chi connectivity index (χ3v) is 6.26. The highest BCUT2D eigenvalue weighted by Crippen LogP contribution is 2.35. The van der Waals surface area contributed by atoms with Gasteiger partial charge in [0.1, 0.15) is 0 Å². The first-order valence-corrected chi connectivity index (χ1v) is 10.8. The molecule has 0 saturated heterocycles. The molecule has 0 heterocycles. The lowest BCUT2D eigenvalue weighted by Gasteiger charge is -2.15. The number of thioether (sulfide) groups is 1. The van der Waals surface area contributed by atoms with Crippen LogP contribution in [0.2, 0.25) is 0 Å². The van der Waals surface area contributed by atoms with Crippen LogP contribution in [0.4, 0.5) is 0 Å². The number of amides is 1. The summed E-state index contributed by atoms with van der Waals surface area (Å²) in [4.78, 5) is 12.5. The predicted molar refractivity (Wildman–Crippen MR) is 119 cm³/mol. The maximum Gasteiger partial charge on any atom is 0.233 e. The zero-order chi connectivity index (χ0) is 21.4. The number of carbonyl (C=O) groups is 1. The van der Waals surface area contributed by atoms with Crippen LogP contribution in [0.3, 0.4) is 0 Å². The summed E-state index contributed by atoms with van der Waals surface area (Å²) in [5, 5.41) is 2.75. The van der Waals surface area contributed by atoms with Crippen LogP contribution < -0.4 is 24.3 Å². The number of benzene rings is 2. The summed E-state index contributed by atoms with van der Waals surface area (Å²) in [5.41, 5.74) is 1.98. The molecule has 2 aromatic rings. The van der Waals surface area contributed by atoms with E-state index in [4.69, 9.17) is 18.9 Å². The van der Waals surface area contributed by atoms with Crippen molar-refractivity contribution in [2.45, 2.75) is 24.5 Å². The van der Waals surface area contributed by atoms with Crippen LogP contribution in [-0.4, -0.2) is 39.6 Å². The number of halogens is 1. The molecule has 0 aliphatic heterocycles. The predicted octanol–water partition coefficient (Wildman–Crippen LogP) is 4.42. The van der Waals surface area contributed by atoms with Crippen LogP contribution in [0.5, 0.6) is 23.0 Å². The van der Waals surface area contributed by atoms with Gasteiger partial charge in [-0.05, 0) is 42.3 Å². The first-order valence-electron chi connectivity index (χ1n) is 8.94. The highest BCUT2D eigenvalue weighted by atomic mass is 79.9. The lowest BCUT2D eigenvalue weighted by atomic mass is 10.2. The molecule has 0 aromatic heterocycles. The van der Waals surface area contributed by atoms with Crippen molar-refractivity contribution in [3.05, 3.63) is 45.9 Å². The first-order chi connectivity index (χ1) is 13.9. The zero-order valence-electron chi connectivity index (χ0n) is 17.2. The van der Waals surface area contributed by atoms with Gasteiger partial charge in [0.25, 0.3) is 0 Å². The Kier molecular flexibility index (Phi) is 8.98. The van der Waals surface area contributed by atoms with Crippen LogP contribution in [-0.2, 0) is 17.1 Å². The van der Waals surface area contributed by atoms with Crippen LogP contribution >= 0.6 is 27.7 Å². The van der Waals surface area contributed by atoms with Crippen LogP contribution in [0.1, 0.15) is 18.1 Å². The smallest absolute Gasteiger partial charge is 0.233 e. The van der Waals surface area contributed by atoms with E-state index in [1.54, 1.807) is 40.2 Å². The topological polar surface area (TPSA) is 66.0 Å². The van der Waals surface area contributed by atoms with Crippen LogP contribution in [0, 0.1) is 0 Å². The molecular weight excluding hydrogens is 458 g/mol. The van der Waals surface area contributed by atoms with Gasteiger partial charge in [0.2, 0.25) is 5.91 Å². The lowest BCUT2D eigenvalue weighted by Crippen LogP contribution is -2.30. The van der Waals surface area contributed by atoms with E-state index in [1.807, 2.05) is 37.3 Å². The van der Waals surface area contributed by atoms with Gasteiger partial charge in [-0.1, -0.05) is 22.0 Å². The Hall–Kier alpha value is -2.06. The third-order valence-electron chi connectivity index (χ3n) is 4.33. The number of methoxy groups -OCH3 is 4. The minimum atomic E-state index is -0.213. The van der Waals surface area contributed by atoms with Crippen molar-refractivity contribution in [2.75, 3.05) is 28.4 Å². The van der Waals surface area contributed by atoms with Crippen molar-refractivity contribution in [3.8, 4) is 23.0 Å². The average Bonchev–Trinajstić information content (AvgIpc) is 2.75. The molecule has 0 bridgehead atoms. The highest BCUT2D eigenvalue weighted by molar-refractivity contribution is 9.10. The van der Waals surface area contributed by atoms with E-state index in [-0.39, 0.29) is 11.2 Å². The molecular formula is C21H26BrNO5S. The van der Waals surface area contributed by atoms with Crippen molar-refractivity contribution in [2.24, 2.45) is 0 Å². The minimum absolute atomic E-state index is 0.0265. The monoisotopic (exact) mass is 483 g/mol. The Morgan fingerprint density at radius 2 is 1.55 bits per heavy atom. The maximum atomic E-state index is 12.5. The number of nitrogens with one attached hydrogen (secondary N) is 1. The molecule has 29 heavy (non-hydrogen) atoms. The van der Waals surface area contributed by atoms with E-state index < -0.39 is 0 Å². The van der Waals surface area contributed by atoms with Crippen molar-refractivity contribution >= 4 is 33.6 Å². The molecule has 0 unspecified atom stereocenters. The van der Waals surface area contributed by atoms with Gasteiger partial charge in [-0.25, -0.2) is 0 Å². The quantitative estimate of drug-likeness (QED) is 0.539. The van der Waals surface area contributed by atoms with Gasteiger partial charge in [0, 0.05) is 16.8 Å². The van der Waals surface area contributed by atoms with Gasteiger partial charge in [-0.15, -0.1) is 11.8 Å². The molecule has 6 nitrogen and oxygen atoms in total. The molecule has 0 spiro atoms. The SMILES string of the molecule is COc1ccc(CNC(=O)[C@H](C)SCc2cc(OC)c(OC)cc2Br)cc1OC. The van der Waals surface area contributed by atoms with Gasteiger partial charge < -0.3 is 24.3 Å². The number of ether oxygens (including phenoxy) is 4. The molecule has 1 amide bonds. The standard InChI is InChI=1S/C21H26BrNO5S/c1-13(29-12-15-9-19(27-4)20(28-5)10-16(15)22)21(24)23-11-14-6-7-17(25-2)18(8-14)26-3/h6-10,13H,11-12H2,1-5H3,(H,23,24)/t13-/m0/s1. The highest BCUT2D eigenvalue weighted by Gasteiger charge is 2.16. The maximum absolute atomic E-state index is 12.5. The van der Waals surface area contributed by atoms with Crippen molar-refractivity contribution < 1.29 is 23.7 Å². The molecule has 158 valence electrons. The first kappa shape index (κ1) is 23.2. The fraction of sp³-hybridized carbons (Fsp3) is 0.381. The fourth-order valence-electron chi connectivity index (χ4n) is 2.62. The van der Waals surface area contributed by atoms with E-state index in [2.05, 4.69) is 21.2 Å². The second-order valence-corrected chi connectivity index (χ2v) is 8.34. The van der Waals surface area contributed by atoms with Gasteiger partial charge in [-0.2, -0.15) is 0 Å². The van der Waals surface area contributed by atoms with Crippen molar-refractivity contribution in [3.63, 3.8) is 0 Å². The third kappa shape index (κ3) is 6.21. The minimum Gasteiger partial charge on any atom is -0.493 e. The summed E-state index contributed by atoms with van der Waals surface area (Å²) in [6, 6.07) is 9.38. The summed E-state index contributed by atoms with van der Waals surface area (Å²) >= 11 is 5.10. The molecule has 0 radical (unpaired) electrons.